The van der Waals surface area contributed by atoms with Gasteiger partial charge in [0, 0.05) is 37.3 Å². The van der Waals surface area contributed by atoms with Crippen molar-refractivity contribution in [2.45, 2.75) is 12.8 Å². The van der Waals surface area contributed by atoms with E-state index < -0.39 is 0 Å². The maximum Gasteiger partial charge on any atom is 0.230 e. The lowest BCUT2D eigenvalue weighted by Gasteiger charge is -2.26. The number of amides is 1. The minimum atomic E-state index is -0.237. The number of pyridine rings is 1. The fourth-order valence-corrected chi connectivity index (χ4v) is 5.15. The van der Waals surface area contributed by atoms with Gasteiger partial charge in [-0.05, 0) is 48.5 Å². The Labute approximate surface area is 261 Å². The first-order chi connectivity index (χ1) is 21.0. The van der Waals surface area contributed by atoms with Crippen LogP contribution in [0, 0.1) is 0 Å². The summed E-state index contributed by atoms with van der Waals surface area (Å²) in [7, 11) is 1.60. The standard InChI is InChI=1S/C32H33ClN4O5S/c1-39-28-20-23-26(21-29(28)41-16-6-13-37-14-17-40-18-15-37)34-12-11-27(23)42-31-24(33)9-5-10-25(31)35-32(43)36-30(38)19-22-7-3-2-4-8-22/h2-5,7-12,20-21H,6,13-19H2,1H3,(H2,35,36,38,43). The number of thiocarbonyl (C=S) groups is 1. The van der Waals surface area contributed by atoms with E-state index in [0.717, 1.165) is 44.8 Å². The molecule has 224 valence electrons. The van der Waals surface area contributed by atoms with Crippen LogP contribution in [0.25, 0.3) is 10.9 Å². The topological polar surface area (TPSA) is 94.2 Å². The molecule has 0 unspecified atom stereocenters. The molecule has 5 rings (SSSR count). The normalized spacial score (nSPS) is 13.3. The Morgan fingerprint density at radius 2 is 1.86 bits per heavy atom. The third kappa shape index (κ3) is 8.32. The van der Waals surface area contributed by atoms with E-state index in [1.807, 2.05) is 42.5 Å². The molecule has 1 aliphatic rings. The smallest absolute Gasteiger partial charge is 0.230 e. The monoisotopic (exact) mass is 620 g/mol. The third-order valence-electron chi connectivity index (χ3n) is 6.85. The highest BCUT2D eigenvalue weighted by atomic mass is 35.5. The molecule has 1 saturated heterocycles. The fraction of sp³-hybridized carbons (Fsp3) is 0.281. The number of nitrogens with one attached hydrogen (secondary N) is 2. The summed E-state index contributed by atoms with van der Waals surface area (Å²) in [4.78, 5) is 19.4. The van der Waals surface area contributed by atoms with Gasteiger partial charge in [-0.2, -0.15) is 0 Å². The Kier molecular flexibility index (Phi) is 10.6. The van der Waals surface area contributed by atoms with E-state index in [-0.39, 0.29) is 17.4 Å². The first kappa shape index (κ1) is 30.5. The van der Waals surface area contributed by atoms with Crippen molar-refractivity contribution in [3.8, 4) is 23.0 Å². The van der Waals surface area contributed by atoms with Crippen molar-refractivity contribution >= 4 is 51.4 Å². The van der Waals surface area contributed by atoms with Crippen LogP contribution in [-0.4, -0.2) is 67.5 Å². The van der Waals surface area contributed by atoms with Gasteiger partial charge in [-0.3, -0.25) is 14.7 Å². The van der Waals surface area contributed by atoms with Crippen molar-refractivity contribution in [1.29, 1.82) is 0 Å². The zero-order chi connectivity index (χ0) is 30.0. The highest BCUT2D eigenvalue weighted by Gasteiger charge is 2.17. The Morgan fingerprint density at radius 3 is 2.65 bits per heavy atom. The molecule has 43 heavy (non-hydrogen) atoms. The van der Waals surface area contributed by atoms with Crippen molar-refractivity contribution in [3.63, 3.8) is 0 Å². The highest BCUT2D eigenvalue weighted by molar-refractivity contribution is 7.80. The van der Waals surface area contributed by atoms with Crippen molar-refractivity contribution in [2.75, 3.05) is 51.9 Å². The number of para-hydroxylation sites is 1. The molecule has 1 aromatic heterocycles. The van der Waals surface area contributed by atoms with Crippen LogP contribution in [0.4, 0.5) is 5.69 Å². The largest absolute Gasteiger partial charge is 0.493 e. The predicted molar refractivity (Wildman–Crippen MR) is 172 cm³/mol. The number of aromatic nitrogens is 1. The van der Waals surface area contributed by atoms with E-state index in [0.29, 0.717) is 51.2 Å². The average Bonchev–Trinajstić information content (AvgIpc) is 3.01. The Balaban J connectivity index is 1.28. The number of hydrogen-bond donors (Lipinski definition) is 2. The molecule has 2 N–H and O–H groups in total. The van der Waals surface area contributed by atoms with Crippen molar-refractivity contribution in [2.24, 2.45) is 0 Å². The summed E-state index contributed by atoms with van der Waals surface area (Å²) in [6.45, 7) is 4.95. The molecule has 1 aliphatic heterocycles. The molecule has 0 atom stereocenters. The number of nitrogens with zero attached hydrogens (tertiary/aromatic N) is 2. The van der Waals surface area contributed by atoms with Crippen LogP contribution in [0.3, 0.4) is 0 Å². The van der Waals surface area contributed by atoms with Crippen LogP contribution < -0.4 is 24.8 Å². The Morgan fingerprint density at radius 1 is 1.05 bits per heavy atom. The molecule has 4 aromatic rings. The van der Waals surface area contributed by atoms with Crippen LogP contribution in [0.5, 0.6) is 23.0 Å². The lowest BCUT2D eigenvalue weighted by Crippen LogP contribution is -2.37. The Hall–Kier alpha value is -3.96. The molecule has 0 aliphatic carbocycles. The van der Waals surface area contributed by atoms with Crippen LogP contribution in [0.2, 0.25) is 5.02 Å². The average molecular weight is 621 g/mol. The zero-order valence-corrected chi connectivity index (χ0v) is 25.4. The maximum absolute atomic E-state index is 12.5. The molecule has 9 nitrogen and oxygen atoms in total. The lowest BCUT2D eigenvalue weighted by molar-refractivity contribution is -0.119. The van der Waals surface area contributed by atoms with E-state index >= 15 is 0 Å². The van der Waals surface area contributed by atoms with Gasteiger partial charge in [0.25, 0.3) is 0 Å². The van der Waals surface area contributed by atoms with Gasteiger partial charge in [0.1, 0.15) is 5.75 Å². The number of anilines is 1. The SMILES string of the molecule is COc1cc2c(Oc3c(Cl)cccc3NC(=S)NC(=O)Cc3ccccc3)ccnc2cc1OCCCN1CCOCC1. The Bertz CT molecular complexity index is 1570. The van der Waals surface area contributed by atoms with Gasteiger partial charge >= 0.3 is 0 Å². The molecular weight excluding hydrogens is 588 g/mol. The van der Waals surface area contributed by atoms with Crippen LogP contribution in [0.1, 0.15) is 12.0 Å². The minimum absolute atomic E-state index is 0.129. The second-order valence-electron chi connectivity index (χ2n) is 9.87. The minimum Gasteiger partial charge on any atom is -0.493 e. The van der Waals surface area contributed by atoms with E-state index in [4.69, 9.17) is 42.8 Å². The van der Waals surface area contributed by atoms with Gasteiger partial charge in [0.05, 0.1) is 49.6 Å². The molecule has 11 heteroatoms. The summed E-state index contributed by atoms with van der Waals surface area (Å²) < 4.78 is 23.5. The number of fused-ring (bicyclic) bond motifs is 1. The molecule has 2 heterocycles. The van der Waals surface area contributed by atoms with Gasteiger partial charge in [-0.15, -0.1) is 0 Å². The number of morpholine rings is 1. The summed E-state index contributed by atoms with van der Waals surface area (Å²) in [5, 5.41) is 6.96. The number of rotatable bonds is 11. The highest BCUT2D eigenvalue weighted by Crippen LogP contribution is 2.41. The molecule has 1 amide bonds. The van der Waals surface area contributed by atoms with Gasteiger partial charge in [-0.25, -0.2) is 0 Å². The fourth-order valence-electron chi connectivity index (χ4n) is 4.71. The summed E-state index contributed by atoms with van der Waals surface area (Å²) in [5.74, 6) is 1.80. The van der Waals surface area contributed by atoms with E-state index in [2.05, 4.69) is 20.5 Å². The summed E-state index contributed by atoms with van der Waals surface area (Å²) in [6.07, 6.45) is 2.74. The van der Waals surface area contributed by atoms with E-state index in [1.54, 1.807) is 37.6 Å². The third-order valence-corrected chi connectivity index (χ3v) is 7.36. The molecule has 0 saturated carbocycles. The second-order valence-corrected chi connectivity index (χ2v) is 10.7. The number of carbonyl (C=O) groups is 1. The van der Waals surface area contributed by atoms with Gasteiger partial charge < -0.3 is 29.6 Å². The summed E-state index contributed by atoms with van der Waals surface area (Å²) in [6, 6.07) is 20.1. The lowest BCUT2D eigenvalue weighted by atomic mass is 10.1. The number of ether oxygens (including phenoxy) is 4. The van der Waals surface area contributed by atoms with E-state index in [9.17, 15) is 4.79 Å². The predicted octanol–water partition coefficient (Wildman–Crippen LogP) is 5.85. The number of hydrogen-bond acceptors (Lipinski definition) is 8. The number of carbonyl (C=O) groups excluding carboxylic acids is 1. The first-order valence-corrected chi connectivity index (χ1v) is 14.8. The molecule has 0 bridgehead atoms. The molecule has 3 aromatic carbocycles. The van der Waals surface area contributed by atoms with Crippen molar-refractivity contribution in [1.82, 2.24) is 15.2 Å². The molecule has 0 spiro atoms. The maximum atomic E-state index is 12.5. The van der Waals surface area contributed by atoms with Gasteiger partial charge in [0.15, 0.2) is 22.4 Å². The molecular formula is C32H33ClN4O5S. The zero-order valence-electron chi connectivity index (χ0n) is 23.8. The number of benzene rings is 3. The summed E-state index contributed by atoms with van der Waals surface area (Å²) >= 11 is 12.0. The summed E-state index contributed by atoms with van der Waals surface area (Å²) in [5.41, 5.74) is 2.05. The first-order valence-electron chi connectivity index (χ1n) is 14.0. The van der Waals surface area contributed by atoms with Crippen LogP contribution in [0.15, 0.2) is 72.9 Å². The second kappa shape index (κ2) is 15.0. The quantitative estimate of drug-likeness (QED) is 0.158. The molecule has 0 radical (unpaired) electrons. The van der Waals surface area contributed by atoms with Crippen LogP contribution in [-0.2, 0) is 16.0 Å². The van der Waals surface area contributed by atoms with Crippen LogP contribution >= 0.6 is 23.8 Å². The van der Waals surface area contributed by atoms with E-state index in [1.165, 1.54) is 0 Å². The van der Waals surface area contributed by atoms with Gasteiger partial charge in [-0.1, -0.05) is 48.0 Å². The number of halogens is 1. The van der Waals surface area contributed by atoms with Gasteiger partial charge in [0.2, 0.25) is 5.91 Å². The molecule has 1 fully saturated rings. The van der Waals surface area contributed by atoms with Crippen molar-refractivity contribution in [3.05, 3.63) is 83.5 Å². The van der Waals surface area contributed by atoms with Crippen molar-refractivity contribution < 1.29 is 23.7 Å². The number of methoxy groups -OCH3 is 1.